The van der Waals surface area contributed by atoms with Gasteiger partial charge in [-0.2, -0.15) is 0 Å². The highest BCUT2D eigenvalue weighted by atomic mass is 35.5. The summed E-state index contributed by atoms with van der Waals surface area (Å²) < 4.78 is 0. The number of hydrogen-bond donors (Lipinski definition) is 1. The summed E-state index contributed by atoms with van der Waals surface area (Å²) in [6, 6.07) is 12.5. The monoisotopic (exact) mass is 348 g/mol. The number of nitrogens with zero attached hydrogens (tertiary/aromatic N) is 1. The van der Waals surface area contributed by atoms with Crippen molar-refractivity contribution in [1.29, 1.82) is 0 Å². The first kappa shape index (κ1) is 15.0. The summed E-state index contributed by atoms with van der Waals surface area (Å²) >= 11 is 13.4. The number of carbonyl (C=O) groups is 1. The second kappa shape index (κ2) is 6.08. The van der Waals surface area contributed by atoms with E-state index in [4.69, 9.17) is 28.9 Å². The average Bonchev–Trinajstić information content (AvgIpc) is 3.00. The van der Waals surface area contributed by atoms with Crippen molar-refractivity contribution in [2.45, 2.75) is 0 Å². The second-order valence-corrected chi connectivity index (χ2v) is 6.28. The Balaban J connectivity index is 1.98. The summed E-state index contributed by atoms with van der Waals surface area (Å²) in [4.78, 5) is 15.8. The predicted molar refractivity (Wildman–Crippen MR) is 91.5 cm³/mol. The molecule has 0 saturated carbocycles. The molecule has 6 heteroatoms. The molecule has 3 nitrogen and oxygen atoms in total. The number of hydrogen-bond acceptors (Lipinski definition) is 3. The highest BCUT2D eigenvalue weighted by molar-refractivity contribution is 7.13. The Labute approximate surface area is 141 Å². The third-order valence-corrected chi connectivity index (χ3v) is 4.74. The van der Waals surface area contributed by atoms with E-state index in [1.807, 2.05) is 17.5 Å². The quantitative estimate of drug-likeness (QED) is 0.732. The number of benzene rings is 2. The fourth-order valence-corrected chi connectivity index (χ4v) is 3.12. The molecule has 2 aromatic carbocycles. The van der Waals surface area contributed by atoms with E-state index in [0.717, 1.165) is 21.8 Å². The van der Waals surface area contributed by atoms with Gasteiger partial charge in [0.15, 0.2) is 0 Å². The van der Waals surface area contributed by atoms with Crippen LogP contribution in [0.4, 0.5) is 0 Å². The van der Waals surface area contributed by atoms with Crippen LogP contribution in [0.25, 0.3) is 21.8 Å². The fourth-order valence-electron chi connectivity index (χ4n) is 2.00. The molecule has 1 amide bonds. The summed E-state index contributed by atoms with van der Waals surface area (Å²) in [7, 11) is 0. The lowest BCUT2D eigenvalue weighted by Gasteiger charge is -2.01. The summed E-state index contributed by atoms with van der Waals surface area (Å²) in [5, 5.41) is 3.75. The van der Waals surface area contributed by atoms with Crippen LogP contribution in [0.5, 0.6) is 0 Å². The number of amides is 1. The average molecular weight is 349 g/mol. The third-order valence-electron chi connectivity index (χ3n) is 3.11. The summed E-state index contributed by atoms with van der Waals surface area (Å²) in [6.07, 6.45) is 0. The minimum Gasteiger partial charge on any atom is -0.366 e. The van der Waals surface area contributed by atoms with Gasteiger partial charge in [0.25, 0.3) is 0 Å². The number of rotatable bonds is 3. The molecule has 3 aromatic rings. The van der Waals surface area contributed by atoms with Gasteiger partial charge in [-0.25, -0.2) is 4.98 Å². The van der Waals surface area contributed by atoms with Crippen LogP contribution >= 0.6 is 34.5 Å². The molecule has 2 N–H and O–H groups in total. The first-order valence-corrected chi connectivity index (χ1v) is 7.99. The van der Waals surface area contributed by atoms with Crippen molar-refractivity contribution in [1.82, 2.24) is 4.98 Å². The van der Waals surface area contributed by atoms with Gasteiger partial charge in [0.05, 0.1) is 15.7 Å². The molecule has 0 spiro atoms. The number of carbonyl (C=O) groups excluding carboxylic acids is 1. The first-order valence-electron chi connectivity index (χ1n) is 6.36. The summed E-state index contributed by atoms with van der Waals surface area (Å²) in [5.41, 5.74) is 8.32. The van der Waals surface area contributed by atoms with Gasteiger partial charge in [0.2, 0.25) is 5.91 Å². The van der Waals surface area contributed by atoms with E-state index < -0.39 is 5.91 Å². The highest BCUT2D eigenvalue weighted by Crippen LogP contribution is 2.32. The van der Waals surface area contributed by atoms with Crippen molar-refractivity contribution in [2.24, 2.45) is 5.73 Å². The lowest BCUT2D eigenvalue weighted by atomic mass is 10.1. The minimum atomic E-state index is -0.455. The van der Waals surface area contributed by atoms with E-state index in [2.05, 4.69) is 4.98 Å². The summed E-state index contributed by atoms with van der Waals surface area (Å²) in [5.74, 6) is -0.455. The summed E-state index contributed by atoms with van der Waals surface area (Å²) in [6.45, 7) is 0. The molecule has 1 aromatic heterocycles. The molecule has 0 atom stereocenters. The maximum atomic E-state index is 11.3. The molecule has 0 fully saturated rings. The third kappa shape index (κ3) is 2.99. The zero-order valence-corrected chi connectivity index (χ0v) is 13.5. The Morgan fingerprint density at radius 3 is 2.59 bits per heavy atom. The number of aromatic nitrogens is 1. The van der Waals surface area contributed by atoms with Crippen LogP contribution in [0.1, 0.15) is 10.4 Å². The van der Waals surface area contributed by atoms with E-state index in [-0.39, 0.29) is 0 Å². The van der Waals surface area contributed by atoms with Gasteiger partial charge >= 0.3 is 0 Å². The second-order valence-electron chi connectivity index (χ2n) is 4.61. The van der Waals surface area contributed by atoms with Gasteiger partial charge in [0, 0.05) is 22.1 Å². The van der Waals surface area contributed by atoms with Crippen molar-refractivity contribution in [3.05, 3.63) is 63.5 Å². The van der Waals surface area contributed by atoms with E-state index >= 15 is 0 Å². The Hall–Kier alpha value is -1.88. The Morgan fingerprint density at radius 1 is 1.05 bits per heavy atom. The normalized spacial score (nSPS) is 10.6. The van der Waals surface area contributed by atoms with Crippen LogP contribution in [0.2, 0.25) is 10.0 Å². The minimum absolute atomic E-state index is 0.455. The lowest BCUT2D eigenvalue weighted by Crippen LogP contribution is -2.10. The van der Waals surface area contributed by atoms with Crippen LogP contribution in [-0.4, -0.2) is 10.9 Å². The van der Waals surface area contributed by atoms with E-state index in [1.54, 1.807) is 30.3 Å². The molecule has 110 valence electrons. The molecule has 0 aliphatic carbocycles. The van der Waals surface area contributed by atoms with Gasteiger partial charge in [-0.1, -0.05) is 41.4 Å². The van der Waals surface area contributed by atoms with E-state index in [1.165, 1.54) is 11.3 Å². The lowest BCUT2D eigenvalue weighted by molar-refractivity contribution is 0.100. The molecule has 22 heavy (non-hydrogen) atoms. The van der Waals surface area contributed by atoms with Gasteiger partial charge in [-0.05, 0) is 24.3 Å². The topological polar surface area (TPSA) is 56.0 Å². The smallest absolute Gasteiger partial charge is 0.248 e. The van der Waals surface area contributed by atoms with Crippen molar-refractivity contribution >= 4 is 40.4 Å². The predicted octanol–water partition coefficient (Wildman–Crippen LogP) is 4.88. The van der Waals surface area contributed by atoms with Crippen molar-refractivity contribution < 1.29 is 4.79 Å². The number of nitrogens with two attached hydrogens (primary N) is 1. The van der Waals surface area contributed by atoms with Crippen LogP contribution < -0.4 is 5.73 Å². The molecule has 0 aliphatic heterocycles. The molecule has 0 saturated heterocycles. The Kier molecular flexibility index (Phi) is 4.16. The molecule has 0 unspecified atom stereocenters. The molecule has 0 aliphatic rings. The zero-order chi connectivity index (χ0) is 15.7. The number of thiazole rings is 1. The van der Waals surface area contributed by atoms with Crippen molar-refractivity contribution in [3.63, 3.8) is 0 Å². The van der Waals surface area contributed by atoms with E-state index in [0.29, 0.717) is 15.6 Å². The molecule has 1 heterocycles. The van der Waals surface area contributed by atoms with Gasteiger partial charge in [-0.15, -0.1) is 11.3 Å². The van der Waals surface area contributed by atoms with Gasteiger partial charge < -0.3 is 5.73 Å². The SMILES string of the molecule is NC(=O)c1cccc(-c2nc(-c3ccc(Cl)c(Cl)c3)cs2)c1. The molecule has 0 radical (unpaired) electrons. The van der Waals surface area contributed by atoms with Crippen LogP contribution in [0, 0.1) is 0 Å². The van der Waals surface area contributed by atoms with Crippen molar-refractivity contribution in [2.75, 3.05) is 0 Å². The number of halogens is 2. The first-order chi connectivity index (χ1) is 10.5. The van der Waals surface area contributed by atoms with Crippen LogP contribution in [-0.2, 0) is 0 Å². The van der Waals surface area contributed by atoms with Gasteiger partial charge in [0.1, 0.15) is 5.01 Å². The van der Waals surface area contributed by atoms with Crippen LogP contribution in [0.3, 0.4) is 0 Å². The highest BCUT2D eigenvalue weighted by Gasteiger charge is 2.10. The molecule has 3 rings (SSSR count). The maximum absolute atomic E-state index is 11.3. The molecular formula is C16H10Cl2N2OS. The van der Waals surface area contributed by atoms with Crippen LogP contribution in [0.15, 0.2) is 47.8 Å². The standard InChI is InChI=1S/C16H10Cl2N2OS/c17-12-5-4-9(7-13(12)18)14-8-22-16(20-14)11-3-1-2-10(6-11)15(19)21/h1-8H,(H2,19,21). The number of primary amides is 1. The van der Waals surface area contributed by atoms with E-state index in [9.17, 15) is 4.79 Å². The molecule has 0 bridgehead atoms. The fraction of sp³-hybridized carbons (Fsp3) is 0. The Bertz CT molecular complexity index is 861. The van der Waals surface area contributed by atoms with Crippen molar-refractivity contribution in [3.8, 4) is 21.8 Å². The molecular weight excluding hydrogens is 339 g/mol. The zero-order valence-electron chi connectivity index (χ0n) is 11.2. The Morgan fingerprint density at radius 2 is 1.86 bits per heavy atom. The van der Waals surface area contributed by atoms with Gasteiger partial charge in [-0.3, -0.25) is 4.79 Å². The largest absolute Gasteiger partial charge is 0.366 e. The maximum Gasteiger partial charge on any atom is 0.248 e.